The van der Waals surface area contributed by atoms with Crippen LogP contribution in [0.2, 0.25) is 0 Å². The molecule has 0 spiro atoms. The molecule has 0 amide bonds. The van der Waals surface area contributed by atoms with Gasteiger partial charge in [0.25, 0.3) is 0 Å². The average Bonchev–Trinajstić information content (AvgIpc) is 2.65. The van der Waals surface area contributed by atoms with Gasteiger partial charge < -0.3 is 0 Å². The number of carbonyl (C=O) groups excluding carboxylic acids is 1. The van der Waals surface area contributed by atoms with Crippen molar-refractivity contribution in [2.75, 3.05) is 0 Å². The Morgan fingerprint density at radius 3 is 2.73 bits per heavy atom. The zero-order valence-electron chi connectivity index (χ0n) is 8.16. The SMILES string of the molecule is Cc1cc(-c2cc(C=O)ccc2F)cs1. The maximum atomic E-state index is 13.5. The van der Waals surface area contributed by atoms with E-state index >= 15 is 0 Å². The molecule has 2 rings (SSSR count). The smallest absolute Gasteiger partial charge is 0.150 e. The molecule has 0 bridgehead atoms. The minimum absolute atomic E-state index is 0.293. The minimum Gasteiger partial charge on any atom is -0.298 e. The average molecular weight is 220 g/mol. The summed E-state index contributed by atoms with van der Waals surface area (Å²) < 4.78 is 13.5. The van der Waals surface area contributed by atoms with Crippen molar-refractivity contribution in [2.45, 2.75) is 6.92 Å². The highest BCUT2D eigenvalue weighted by Crippen LogP contribution is 2.27. The second-order valence-electron chi connectivity index (χ2n) is 3.30. The van der Waals surface area contributed by atoms with E-state index in [1.54, 1.807) is 17.4 Å². The Morgan fingerprint density at radius 1 is 1.33 bits per heavy atom. The molecule has 1 nitrogen and oxygen atoms in total. The van der Waals surface area contributed by atoms with Crippen LogP contribution in [0.1, 0.15) is 15.2 Å². The van der Waals surface area contributed by atoms with Crippen LogP contribution in [0.4, 0.5) is 4.39 Å². The Morgan fingerprint density at radius 2 is 2.13 bits per heavy atom. The molecule has 1 aromatic heterocycles. The third-order valence-electron chi connectivity index (χ3n) is 2.17. The second-order valence-corrected chi connectivity index (χ2v) is 4.42. The minimum atomic E-state index is -0.293. The quantitative estimate of drug-likeness (QED) is 0.706. The van der Waals surface area contributed by atoms with E-state index in [1.807, 2.05) is 18.4 Å². The lowest BCUT2D eigenvalue weighted by Crippen LogP contribution is -1.86. The summed E-state index contributed by atoms with van der Waals surface area (Å²) in [5.41, 5.74) is 1.82. The van der Waals surface area contributed by atoms with Gasteiger partial charge in [0, 0.05) is 16.0 Å². The highest BCUT2D eigenvalue weighted by atomic mass is 32.1. The summed E-state index contributed by atoms with van der Waals surface area (Å²) in [4.78, 5) is 11.7. The number of rotatable bonds is 2. The fourth-order valence-electron chi connectivity index (χ4n) is 1.42. The molecule has 2 aromatic rings. The van der Waals surface area contributed by atoms with Gasteiger partial charge in [0.15, 0.2) is 0 Å². The molecule has 15 heavy (non-hydrogen) atoms. The van der Waals surface area contributed by atoms with Gasteiger partial charge in [-0.25, -0.2) is 4.39 Å². The van der Waals surface area contributed by atoms with Crippen LogP contribution >= 0.6 is 11.3 Å². The Bertz CT molecular complexity index is 502. The third-order valence-corrected chi connectivity index (χ3v) is 3.03. The van der Waals surface area contributed by atoms with Crippen molar-refractivity contribution in [1.29, 1.82) is 0 Å². The zero-order chi connectivity index (χ0) is 10.8. The summed E-state index contributed by atoms with van der Waals surface area (Å²) >= 11 is 1.57. The van der Waals surface area contributed by atoms with E-state index in [-0.39, 0.29) is 5.82 Å². The molecule has 0 atom stereocenters. The van der Waals surface area contributed by atoms with E-state index in [1.165, 1.54) is 12.1 Å². The van der Waals surface area contributed by atoms with E-state index < -0.39 is 0 Å². The van der Waals surface area contributed by atoms with Crippen LogP contribution in [-0.4, -0.2) is 6.29 Å². The molecule has 0 radical (unpaired) electrons. The first-order valence-corrected chi connectivity index (χ1v) is 5.39. The largest absolute Gasteiger partial charge is 0.298 e. The van der Waals surface area contributed by atoms with Gasteiger partial charge in [0.2, 0.25) is 0 Å². The number of benzene rings is 1. The number of aldehydes is 1. The molecule has 0 unspecified atom stereocenters. The normalized spacial score (nSPS) is 10.3. The summed E-state index contributed by atoms with van der Waals surface area (Å²) in [6, 6.07) is 6.29. The van der Waals surface area contributed by atoms with Crippen LogP contribution in [0.5, 0.6) is 0 Å². The van der Waals surface area contributed by atoms with E-state index in [2.05, 4.69) is 0 Å². The van der Waals surface area contributed by atoms with Crippen molar-refractivity contribution in [3.05, 3.63) is 45.9 Å². The van der Waals surface area contributed by atoms with Crippen molar-refractivity contribution in [3.8, 4) is 11.1 Å². The molecule has 0 aliphatic carbocycles. The third kappa shape index (κ3) is 1.97. The lowest BCUT2D eigenvalue weighted by Gasteiger charge is -2.00. The van der Waals surface area contributed by atoms with Crippen LogP contribution in [0.3, 0.4) is 0 Å². The Balaban J connectivity index is 2.55. The van der Waals surface area contributed by atoms with E-state index in [0.717, 1.165) is 16.7 Å². The van der Waals surface area contributed by atoms with Crippen molar-refractivity contribution in [2.24, 2.45) is 0 Å². The molecule has 1 heterocycles. The van der Waals surface area contributed by atoms with E-state index in [9.17, 15) is 9.18 Å². The lowest BCUT2D eigenvalue weighted by atomic mass is 10.1. The van der Waals surface area contributed by atoms with Crippen LogP contribution < -0.4 is 0 Å². The summed E-state index contributed by atoms with van der Waals surface area (Å²) in [7, 11) is 0. The molecule has 0 saturated carbocycles. The Kier molecular flexibility index (Phi) is 2.64. The van der Waals surface area contributed by atoms with Crippen molar-refractivity contribution >= 4 is 17.6 Å². The molecule has 3 heteroatoms. The molecule has 76 valence electrons. The standard InChI is InChI=1S/C12H9FOS/c1-8-4-10(7-15-8)11-5-9(6-14)2-3-12(11)13/h2-7H,1H3. The van der Waals surface area contributed by atoms with Gasteiger partial charge in [-0.2, -0.15) is 0 Å². The molecule has 0 N–H and O–H groups in total. The molecule has 0 fully saturated rings. The van der Waals surface area contributed by atoms with Gasteiger partial charge in [0.1, 0.15) is 12.1 Å². The maximum Gasteiger partial charge on any atom is 0.150 e. The summed E-state index contributed by atoms with van der Waals surface area (Å²) in [6.45, 7) is 1.97. The summed E-state index contributed by atoms with van der Waals surface area (Å²) in [5, 5.41) is 1.89. The molecular weight excluding hydrogens is 211 g/mol. The molecular formula is C12H9FOS. The summed E-state index contributed by atoms with van der Waals surface area (Å²) in [5.74, 6) is -0.293. The molecule has 1 aromatic carbocycles. The van der Waals surface area contributed by atoms with E-state index in [0.29, 0.717) is 11.1 Å². The lowest BCUT2D eigenvalue weighted by molar-refractivity contribution is 0.112. The highest BCUT2D eigenvalue weighted by Gasteiger charge is 2.07. The predicted molar refractivity (Wildman–Crippen MR) is 59.8 cm³/mol. The monoisotopic (exact) mass is 220 g/mol. The van der Waals surface area contributed by atoms with E-state index in [4.69, 9.17) is 0 Å². The number of hydrogen-bond acceptors (Lipinski definition) is 2. The number of hydrogen-bond donors (Lipinski definition) is 0. The van der Waals surface area contributed by atoms with Gasteiger partial charge >= 0.3 is 0 Å². The van der Waals surface area contributed by atoms with Gasteiger partial charge in [-0.15, -0.1) is 11.3 Å². The van der Waals surface area contributed by atoms with Crippen molar-refractivity contribution in [1.82, 2.24) is 0 Å². The van der Waals surface area contributed by atoms with Gasteiger partial charge in [-0.3, -0.25) is 4.79 Å². The Labute approximate surface area is 91.2 Å². The molecule has 0 aliphatic heterocycles. The predicted octanol–water partition coefficient (Wildman–Crippen LogP) is 3.68. The second kappa shape index (κ2) is 3.95. The number of thiophene rings is 1. The summed E-state index contributed by atoms with van der Waals surface area (Å²) in [6.07, 6.45) is 0.724. The Hall–Kier alpha value is -1.48. The van der Waals surface area contributed by atoms with Gasteiger partial charge in [-0.05, 0) is 42.1 Å². The van der Waals surface area contributed by atoms with Crippen LogP contribution in [0.25, 0.3) is 11.1 Å². The highest BCUT2D eigenvalue weighted by molar-refractivity contribution is 7.10. The first-order chi connectivity index (χ1) is 7.20. The zero-order valence-corrected chi connectivity index (χ0v) is 8.98. The number of aryl methyl sites for hydroxylation is 1. The van der Waals surface area contributed by atoms with Gasteiger partial charge in [-0.1, -0.05) is 0 Å². The van der Waals surface area contributed by atoms with Crippen molar-refractivity contribution in [3.63, 3.8) is 0 Å². The number of carbonyl (C=O) groups is 1. The van der Waals surface area contributed by atoms with Crippen LogP contribution in [-0.2, 0) is 0 Å². The topological polar surface area (TPSA) is 17.1 Å². The van der Waals surface area contributed by atoms with Crippen molar-refractivity contribution < 1.29 is 9.18 Å². The molecule has 0 saturated heterocycles. The van der Waals surface area contributed by atoms with Crippen LogP contribution in [0.15, 0.2) is 29.6 Å². The van der Waals surface area contributed by atoms with Crippen LogP contribution in [0, 0.1) is 12.7 Å². The fourth-order valence-corrected chi connectivity index (χ4v) is 2.12. The fraction of sp³-hybridized carbons (Fsp3) is 0.0833. The first kappa shape index (κ1) is 10.1. The molecule has 0 aliphatic rings. The van der Waals surface area contributed by atoms with Gasteiger partial charge in [0.05, 0.1) is 0 Å². The maximum absolute atomic E-state index is 13.5. The first-order valence-electron chi connectivity index (χ1n) is 4.51. The number of halogens is 1.